The highest BCUT2D eigenvalue weighted by atomic mass is 16.5. The number of carbonyl (C=O) groups is 1. The predicted molar refractivity (Wildman–Crippen MR) is 56.2 cm³/mol. The number of hydrogen-bond acceptors (Lipinski definition) is 3. The third-order valence-electron chi connectivity index (χ3n) is 4.53. The van der Waals surface area contributed by atoms with E-state index in [1.807, 2.05) is 6.92 Å². The summed E-state index contributed by atoms with van der Waals surface area (Å²) in [6.07, 6.45) is 3.66. The van der Waals surface area contributed by atoms with Gasteiger partial charge in [-0.3, -0.25) is 4.79 Å². The van der Waals surface area contributed by atoms with Crippen LogP contribution in [0.15, 0.2) is 0 Å². The summed E-state index contributed by atoms with van der Waals surface area (Å²) in [4.78, 5) is 11.7. The Morgan fingerprint density at radius 2 is 2.20 bits per heavy atom. The van der Waals surface area contributed by atoms with Gasteiger partial charge < -0.3 is 9.84 Å². The number of hydrogen-bond donors (Lipinski definition) is 1. The molecule has 2 aliphatic carbocycles. The number of carbonyl (C=O) groups excluding carboxylic acids is 1. The Kier molecular flexibility index (Phi) is 2.34. The lowest BCUT2D eigenvalue weighted by Crippen LogP contribution is -2.45. The first-order chi connectivity index (χ1) is 6.91. The zero-order valence-electron chi connectivity index (χ0n) is 9.75. The zero-order chi connectivity index (χ0) is 11.3. The lowest BCUT2D eigenvalue weighted by molar-refractivity contribution is -0.157. The lowest BCUT2D eigenvalue weighted by Gasteiger charge is -2.40. The molecule has 2 rings (SSSR count). The number of rotatable bonds is 1. The molecule has 0 aliphatic heterocycles. The maximum atomic E-state index is 11.7. The first kappa shape index (κ1) is 10.9. The fraction of sp³-hybridized carbons (Fsp3) is 0.917. The molecule has 0 spiro atoms. The molecule has 2 aliphatic rings. The maximum absolute atomic E-state index is 11.7. The van der Waals surface area contributed by atoms with Gasteiger partial charge in [-0.1, -0.05) is 13.8 Å². The summed E-state index contributed by atoms with van der Waals surface area (Å²) >= 11 is 0. The quantitative estimate of drug-likeness (QED) is 0.673. The van der Waals surface area contributed by atoms with Crippen LogP contribution in [-0.4, -0.2) is 23.8 Å². The Balaban J connectivity index is 2.31. The topological polar surface area (TPSA) is 46.5 Å². The SMILES string of the molecule is COC(=O)[C@H]1C[C@]2(C)CC[C@H](C)[C@]1(O)C2. The van der Waals surface area contributed by atoms with Gasteiger partial charge in [0, 0.05) is 0 Å². The molecule has 0 unspecified atom stereocenters. The number of ether oxygens (including phenoxy) is 1. The molecule has 3 heteroatoms. The van der Waals surface area contributed by atoms with Gasteiger partial charge in [0.1, 0.15) is 0 Å². The monoisotopic (exact) mass is 212 g/mol. The third kappa shape index (κ3) is 1.48. The number of fused-ring (bicyclic) bond motifs is 2. The van der Waals surface area contributed by atoms with Crippen molar-refractivity contribution in [2.45, 2.75) is 45.1 Å². The van der Waals surface area contributed by atoms with E-state index in [4.69, 9.17) is 4.74 Å². The normalized spacial score (nSPS) is 49.1. The molecule has 0 radical (unpaired) electrons. The molecule has 2 bridgehead atoms. The van der Waals surface area contributed by atoms with Crippen LogP contribution in [0.5, 0.6) is 0 Å². The largest absolute Gasteiger partial charge is 0.469 e. The Bertz CT molecular complexity index is 289. The molecule has 0 aromatic heterocycles. The van der Waals surface area contributed by atoms with Crippen LogP contribution in [0.2, 0.25) is 0 Å². The second kappa shape index (κ2) is 3.21. The Hall–Kier alpha value is -0.570. The molecule has 0 aromatic carbocycles. The van der Waals surface area contributed by atoms with Crippen LogP contribution in [0.3, 0.4) is 0 Å². The number of methoxy groups -OCH3 is 1. The van der Waals surface area contributed by atoms with Crippen molar-refractivity contribution in [2.75, 3.05) is 7.11 Å². The average Bonchev–Trinajstić information content (AvgIpc) is 2.43. The minimum Gasteiger partial charge on any atom is -0.469 e. The molecule has 0 amide bonds. The molecule has 86 valence electrons. The summed E-state index contributed by atoms with van der Waals surface area (Å²) in [7, 11) is 1.40. The number of esters is 1. The third-order valence-corrected chi connectivity index (χ3v) is 4.53. The van der Waals surface area contributed by atoms with Gasteiger partial charge in [-0.25, -0.2) is 0 Å². The van der Waals surface area contributed by atoms with Crippen LogP contribution in [0.1, 0.15) is 39.5 Å². The van der Waals surface area contributed by atoms with Gasteiger partial charge >= 0.3 is 5.97 Å². The number of aliphatic hydroxyl groups is 1. The van der Waals surface area contributed by atoms with Crippen molar-refractivity contribution < 1.29 is 14.6 Å². The highest BCUT2D eigenvalue weighted by molar-refractivity contribution is 5.74. The summed E-state index contributed by atoms with van der Waals surface area (Å²) in [6, 6.07) is 0. The van der Waals surface area contributed by atoms with Gasteiger partial charge in [0.25, 0.3) is 0 Å². The second-order valence-corrected chi connectivity index (χ2v) is 5.70. The maximum Gasteiger partial charge on any atom is 0.311 e. The van der Waals surface area contributed by atoms with Crippen LogP contribution in [0, 0.1) is 17.3 Å². The molecule has 2 fully saturated rings. The molecule has 2 saturated carbocycles. The van der Waals surface area contributed by atoms with Crippen LogP contribution >= 0.6 is 0 Å². The Labute approximate surface area is 90.8 Å². The minimum absolute atomic E-state index is 0.139. The molecule has 0 saturated heterocycles. The van der Waals surface area contributed by atoms with Gasteiger partial charge in [-0.15, -0.1) is 0 Å². The van der Waals surface area contributed by atoms with Gasteiger partial charge in [0.15, 0.2) is 0 Å². The van der Waals surface area contributed by atoms with Crippen molar-refractivity contribution >= 4 is 5.97 Å². The van der Waals surface area contributed by atoms with Gasteiger partial charge in [-0.05, 0) is 37.0 Å². The molecule has 4 atom stereocenters. The summed E-state index contributed by atoms with van der Waals surface area (Å²) in [6.45, 7) is 4.22. The summed E-state index contributed by atoms with van der Waals surface area (Å²) < 4.78 is 4.80. The van der Waals surface area contributed by atoms with E-state index in [2.05, 4.69) is 6.92 Å². The summed E-state index contributed by atoms with van der Waals surface area (Å²) in [5, 5.41) is 10.6. The van der Waals surface area contributed by atoms with Crippen LogP contribution in [0.25, 0.3) is 0 Å². The van der Waals surface area contributed by atoms with Gasteiger partial charge in [-0.2, -0.15) is 0 Å². The Morgan fingerprint density at radius 3 is 2.80 bits per heavy atom. The average molecular weight is 212 g/mol. The van der Waals surface area contributed by atoms with Crippen LogP contribution in [-0.2, 0) is 9.53 Å². The molecule has 0 heterocycles. The molecular weight excluding hydrogens is 192 g/mol. The van der Waals surface area contributed by atoms with Crippen molar-refractivity contribution in [1.82, 2.24) is 0 Å². The van der Waals surface area contributed by atoms with E-state index in [1.165, 1.54) is 7.11 Å². The van der Waals surface area contributed by atoms with Crippen molar-refractivity contribution in [1.29, 1.82) is 0 Å². The van der Waals surface area contributed by atoms with Crippen LogP contribution < -0.4 is 0 Å². The first-order valence-corrected chi connectivity index (χ1v) is 5.71. The summed E-state index contributed by atoms with van der Waals surface area (Å²) in [5.74, 6) is -0.350. The van der Waals surface area contributed by atoms with E-state index in [0.717, 1.165) is 25.7 Å². The summed E-state index contributed by atoms with van der Waals surface area (Å²) in [5.41, 5.74) is -0.680. The van der Waals surface area contributed by atoms with Crippen molar-refractivity contribution in [3.05, 3.63) is 0 Å². The predicted octanol–water partition coefficient (Wildman–Crippen LogP) is 1.74. The molecular formula is C12H20O3. The van der Waals surface area contributed by atoms with Crippen molar-refractivity contribution in [3.63, 3.8) is 0 Å². The van der Waals surface area contributed by atoms with Crippen molar-refractivity contribution in [2.24, 2.45) is 17.3 Å². The minimum atomic E-state index is -0.819. The second-order valence-electron chi connectivity index (χ2n) is 5.70. The van der Waals surface area contributed by atoms with E-state index in [0.29, 0.717) is 0 Å². The highest BCUT2D eigenvalue weighted by Gasteiger charge is 2.60. The fourth-order valence-electron chi connectivity index (χ4n) is 3.50. The Morgan fingerprint density at radius 1 is 1.53 bits per heavy atom. The van der Waals surface area contributed by atoms with Crippen LogP contribution in [0.4, 0.5) is 0 Å². The molecule has 1 N–H and O–H groups in total. The van der Waals surface area contributed by atoms with E-state index in [-0.39, 0.29) is 23.2 Å². The van der Waals surface area contributed by atoms with E-state index in [9.17, 15) is 9.90 Å². The highest BCUT2D eigenvalue weighted by Crippen LogP contribution is 2.58. The van der Waals surface area contributed by atoms with E-state index < -0.39 is 5.60 Å². The molecule has 15 heavy (non-hydrogen) atoms. The fourth-order valence-corrected chi connectivity index (χ4v) is 3.50. The smallest absolute Gasteiger partial charge is 0.311 e. The van der Waals surface area contributed by atoms with Gasteiger partial charge in [0.2, 0.25) is 0 Å². The molecule has 3 nitrogen and oxygen atoms in total. The van der Waals surface area contributed by atoms with Crippen molar-refractivity contribution in [3.8, 4) is 0 Å². The standard InChI is InChI=1S/C12H20O3/c1-8-4-5-11(2)6-9(10(13)15-3)12(8,14)7-11/h8-9,14H,4-7H2,1-3H3/t8-,9+,11-,12+/m0/s1. The van der Waals surface area contributed by atoms with Gasteiger partial charge in [0.05, 0.1) is 18.6 Å². The zero-order valence-corrected chi connectivity index (χ0v) is 9.75. The molecule has 0 aromatic rings. The van der Waals surface area contributed by atoms with E-state index >= 15 is 0 Å². The van der Waals surface area contributed by atoms with E-state index in [1.54, 1.807) is 0 Å². The lowest BCUT2D eigenvalue weighted by atomic mass is 9.70. The first-order valence-electron chi connectivity index (χ1n) is 5.71.